The molecule has 2 amide bonds. The number of amides is 2. The van der Waals surface area contributed by atoms with Gasteiger partial charge in [-0.05, 0) is 60.9 Å². The standard InChI is InChI=1S/C28H31BrClN3O4S/c1-4-31-28(35)26(17-21-8-6-5-7-9-21)32(18-22-10-12-23(29)13-11-22)27(34)19-33(38(3,36)37)25-15-14-24(30)16-20(25)2/h5-16,26H,4,17-19H2,1-3H3,(H,31,35)/t26-/m1/s1. The Kier molecular flexibility index (Phi) is 10.4. The second-order valence-electron chi connectivity index (χ2n) is 8.95. The van der Waals surface area contributed by atoms with Crippen LogP contribution in [0.5, 0.6) is 0 Å². The van der Waals surface area contributed by atoms with E-state index in [0.29, 0.717) is 22.8 Å². The summed E-state index contributed by atoms with van der Waals surface area (Å²) in [4.78, 5) is 28.8. The number of nitrogens with zero attached hydrogens (tertiary/aromatic N) is 2. The molecule has 1 atom stereocenters. The van der Waals surface area contributed by atoms with Crippen LogP contribution in [-0.4, -0.2) is 50.5 Å². The van der Waals surface area contributed by atoms with Crippen molar-refractivity contribution in [2.45, 2.75) is 32.9 Å². The Morgan fingerprint density at radius 3 is 2.24 bits per heavy atom. The molecule has 7 nitrogen and oxygen atoms in total. The van der Waals surface area contributed by atoms with Crippen molar-refractivity contribution in [2.75, 3.05) is 23.7 Å². The van der Waals surface area contributed by atoms with E-state index in [9.17, 15) is 18.0 Å². The normalized spacial score (nSPS) is 12.0. The van der Waals surface area contributed by atoms with Crippen molar-refractivity contribution >= 4 is 55.1 Å². The van der Waals surface area contributed by atoms with Gasteiger partial charge >= 0.3 is 0 Å². The van der Waals surface area contributed by atoms with Gasteiger partial charge < -0.3 is 10.2 Å². The zero-order valence-corrected chi connectivity index (χ0v) is 24.7. The van der Waals surface area contributed by atoms with E-state index in [1.54, 1.807) is 25.1 Å². The second-order valence-corrected chi connectivity index (χ2v) is 12.2. The molecule has 0 saturated heterocycles. The summed E-state index contributed by atoms with van der Waals surface area (Å²) in [7, 11) is -3.84. The monoisotopic (exact) mass is 619 g/mol. The molecule has 3 aromatic carbocycles. The molecule has 0 aromatic heterocycles. The molecule has 0 aliphatic heterocycles. The highest BCUT2D eigenvalue weighted by Gasteiger charge is 2.33. The molecule has 3 aromatic rings. The molecule has 0 saturated carbocycles. The van der Waals surface area contributed by atoms with Crippen molar-refractivity contribution in [3.05, 3.63) is 99.0 Å². The summed E-state index contributed by atoms with van der Waals surface area (Å²) in [6, 6.07) is 20.8. The maximum atomic E-state index is 14.0. The van der Waals surface area contributed by atoms with Crippen LogP contribution in [0.25, 0.3) is 0 Å². The van der Waals surface area contributed by atoms with Crippen LogP contribution in [0, 0.1) is 6.92 Å². The van der Waals surface area contributed by atoms with Crippen LogP contribution in [0.4, 0.5) is 5.69 Å². The molecule has 3 rings (SSSR count). The Morgan fingerprint density at radius 1 is 1.00 bits per heavy atom. The van der Waals surface area contributed by atoms with Gasteiger partial charge in [-0.2, -0.15) is 0 Å². The molecule has 0 fully saturated rings. The molecule has 202 valence electrons. The lowest BCUT2D eigenvalue weighted by Gasteiger charge is -2.33. The molecule has 38 heavy (non-hydrogen) atoms. The van der Waals surface area contributed by atoms with Gasteiger partial charge in [0.05, 0.1) is 11.9 Å². The lowest BCUT2D eigenvalue weighted by atomic mass is 10.0. The molecule has 10 heteroatoms. The highest BCUT2D eigenvalue weighted by atomic mass is 79.9. The van der Waals surface area contributed by atoms with Crippen LogP contribution in [0.3, 0.4) is 0 Å². The van der Waals surface area contributed by atoms with Gasteiger partial charge in [-0.15, -0.1) is 0 Å². The first-order valence-corrected chi connectivity index (χ1v) is 15.1. The predicted molar refractivity (Wildman–Crippen MR) is 156 cm³/mol. The Morgan fingerprint density at radius 2 is 1.66 bits per heavy atom. The van der Waals surface area contributed by atoms with Gasteiger partial charge in [0.1, 0.15) is 12.6 Å². The van der Waals surface area contributed by atoms with E-state index in [1.807, 2.05) is 61.5 Å². The van der Waals surface area contributed by atoms with E-state index in [0.717, 1.165) is 26.2 Å². The maximum absolute atomic E-state index is 14.0. The third-order valence-electron chi connectivity index (χ3n) is 6.00. The quantitative estimate of drug-likeness (QED) is 0.329. The van der Waals surface area contributed by atoms with Crippen molar-refractivity contribution in [3.8, 4) is 0 Å². The Hall–Kier alpha value is -2.88. The number of anilines is 1. The first-order chi connectivity index (χ1) is 18.0. The first kappa shape index (κ1) is 29.7. The molecule has 0 radical (unpaired) electrons. The molecule has 0 bridgehead atoms. The van der Waals surface area contributed by atoms with Crippen molar-refractivity contribution in [1.82, 2.24) is 10.2 Å². The fourth-order valence-electron chi connectivity index (χ4n) is 4.13. The number of carbonyl (C=O) groups excluding carboxylic acids is 2. The Balaban J connectivity index is 2.05. The van der Waals surface area contributed by atoms with E-state index in [1.165, 1.54) is 4.90 Å². The van der Waals surface area contributed by atoms with Gasteiger partial charge in [0.25, 0.3) is 0 Å². The van der Waals surface area contributed by atoms with E-state index in [4.69, 9.17) is 11.6 Å². The van der Waals surface area contributed by atoms with Crippen LogP contribution >= 0.6 is 27.5 Å². The van der Waals surface area contributed by atoms with Crippen LogP contribution in [0.2, 0.25) is 5.02 Å². The summed E-state index contributed by atoms with van der Waals surface area (Å²) in [5, 5.41) is 3.30. The third-order valence-corrected chi connectivity index (χ3v) is 7.89. The van der Waals surface area contributed by atoms with Gasteiger partial charge in [0.15, 0.2) is 0 Å². The molecule has 0 aliphatic rings. The molecule has 0 unspecified atom stereocenters. The number of benzene rings is 3. The molecule has 0 spiro atoms. The molecule has 1 N–H and O–H groups in total. The number of carbonyl (C=O) groups is 2. The van der Waals surface area contributed by atoms with Crippen LogP contribution in [0.15, 0.2) is 77.3 Å². The van der Waals surface area contributed by atoms with Crippen molar-refractivity contribution in [3.63, 3.8) is 0 Å². The lowest BCUT2D eigenvalue weighted by Crippen LogP contribution is -2.53. The van der Waals surface area contributed by atoms with E-state index in [-0.39, 0.29) is 18.9 Å². The second kappa shape index (κ2) is 13.3. The van der Waals surface area contributed by atoms with E-state index >= 15 is 0 Å². The van der Waals surface area contributed by atoms with Crippen LogP contribution in [-0.2, 0) is 32.6 Å². The summed E-state index contributed by atoms with van der Waals surface area (Å²) < 4.78 is 27.7. The minimum atomic E-state index is -3.84. The number of nitrogens with one attached hydrogen (secondary N) is 1. The zero-order chi connectivity index (χ0) is 27.9. The van der Waals surface area contributed by atoms with Crippen molar-refractivity contribution in [2.24, 2.45) is 0 Å². The minimum absolute atomic E-state index is 0.123. The van der Waals surface area contributed by atoms with E-state index < -0.39 is 28.5 Å². The third kappa shape index (κ3) is 8.06. The summed E-state index contributed by atoms with van der Waals surface area (Å²) in [5.74, 6) is -0.810. The average Bonchev–Trinajstić information content (AvgIpc) is 2.86. The number of aryl methyl sites for hydroxylation is 1. The number of hydrogen-bond acceptors (Lipinski definition) is 4. The Labute approximate surface area is 238 Å². The summed E-state index contributed by atoms with van der Waals surface area (Å²) in [5.41, 5.74) is 2.65. The van der Waals surface area contributed by atoms with Gasteiger partial charge in [-0.3, -0.25) is 13.9 Å². The number of rotatable bonds is 11. The van der Waals surface area contributed by atoms with Gasteiger partial charge in [0, 0.05) is 29.0 Å². The lowest BCUT2D eigenvalue weighted by molar-refractivity contribution is -0.140. The Bertz CT molecular complexity index is 1370. The highest BCUT2D eigenvalue weighted by Crippen LogP contribution is 2.26. The number of halogens is 2. The van der Waals surface area contributed by atoms with E-state index in [2.05, 4.69) is 21.2 Å². The van der Waals surface area contributed by atoms with Crippen molar-refractivity contribution in [1.29, 1.82) is 0 Å². The maximum Gasteiger partial charge on any atom is 0.244 e. The molecule has 0 heterocycles. The van der Waals surface area contributed by atoms with Gasteiger partial charge in [0.2, 0.25) is 21.8 Å². The number of likely N-dealkylation sites (N-methyl/N-ethyl adjacent to an activating group) is 1. The van der Waals surface area contributed by atoms with Gasteiger partial charge in [-0.25, -0.2) is 8.42 Å². The zero-order valence-electron chi connectivity index (χ0n) is 21.5. The topological polar surface area (TPSA) is 86.8 Å². The predicted octanol–water partition coefficient (Wildman–Crippen LogP) is 4.95. The minimum Gasteiger partial charge on any atom is -0.355 e. The summed E-state index contributed by atoms with van der Waals surface area (Å²) in [6.45, 7) is 3.59. The SMILES string of the molecule is CCNC(=O)[C@@H](Cc1ccccc1)N(Cc1ccc(Br)cc1)C(=O)CN(c1ccc(Cl)cc1C)S(C)(=O)=O. The largest absolute Gasteiger partial charge is 0.355 e. The summed E-state index contributed by atoms with van der Waals surface area (Å²) in [6.07, 6.45) is 1.33. The average molecular weight is 621 g/mol. The highest BCUT2D eigenvalue weighted by molar-refractivity contribution is 9.10. The molecular weight excluding hydrogens is 590 g/mol. The van der Waals surface area contributed by atoms with Crippen LogP contribution in [0.1, 0.15) is 23.6 Å². The summed E-state index contributed by atoms with van der Waals surface area (Å²) >= 11 is 9.51. The fourth-order valence-corrected chi connectivity index (χ4v) is 5.52. The first-order valence-electron chi connectivity index (χ1n) is 12.1. The number of hydrogen-bond donors (Lipinski definition) is 1. The fraction of sp³-hybridized carbons (Fsp3) is 0.286. The van der Waals surface area contributed by atoms with Crippen molar-refractivity contribution < 1.29 is 18.0 Å². The van der Waals surface area contributed by atoms with Crippen LogP contribution < -0.4 is 9.62 Å². The number of sulfonamides is 1. The smallest absolute Gasteiger partial charge is 0.244 e. The molecular formula is C28H31BrClN3O4S. The van der Waals surface area contributed by atoms with Gasteiger partial charge in [-0.1, -0.05) is 70.0 Å². The molecule has 0 aliphatic carbocycles.